The smallest absolute Gasteiger partial charge is 0.433 e. The highest BCUT2D eigenvalue weighted by atomic mass is 35.5. The van der Waals surface area contributed by atoms with Crippen molar-refractivity contribution in [1.82, 2.24) is 24.4 Å². The molecule has 206 valence electrons. The van der Waals surface area contributed by atoms with Crippen molar-refractivity contribution >= 4 is 28.8 Å². The van der Waals surface area contributed by atoms with E-state index in [1.807, 2.05) is 0 Å². The topological polar surface area (TPSA) is 86.3 Å². The fourth-order valence-corrected chi connectivity index (χ4v) is 4.50. The standard InChI is InChI=1S/C27H21ClF4N6O2/c1-14-24(15(2)37(36-14)13-19-20(28)5-4-6-21(19)29)35-26(39)18-12-33-38-23(27(30,31)32)11-22(34-25(18)38)16-7-9-17(40-3)10-8-16/h4-12H,13H2,1-3H3,(H,35,39). The Morgan fingerprint density at radius 1 is 1.12 bits per heavy atom. The number of carbonyl (C=O) groups excluding carboxylic acids is 1. The summed E-state index contributed by atoms with van der Waals surface area (Å²) in [4.78, 5) is 17.7. The van der Waals surface area contributed by atoms with Crippen LogP contribution in [-0.4, -0.2) is 37.4 Å². The first kappa shape index (κ1) is 27.1. The highest BCUT2D eigenvalue weighted by Gasteiger charge is 2.36. The minimum absolute atomic E-state index is 0.000949. The second-order valence-corrected chi connectivity index (χ2v) is 9.31. The molecule has 0 saturated carbocycles. The molecule has 5 aromatic rings. The van der Waals surface area contributed by atoms with Gasteiger partial charge in [-0.15, -0.1) is 0 Å². The molecule has 3 heterocycles. The first-order valence-electron chi connectivity index (χ1n) is 11.9. The second kappa shape index (κ2) is 10.3. The SMILES string of the molecule is COc1ccc(-c2cc(C(F)(F)F)n3ncc(C(=O)Nc4c(C)nn(Cc5c(F)cccc5Cl)c4C)c3n2)cc1. The molecule has 0 aliphatic heterocycles. The van der Waals surface area contributed by atoms with E-state index in [-0.39, 0.29) is 34.0 Å². The van der Waals surface area contributed by atoms with E-state index < -0.39 is 23.6 Å². The third-order valence-corrected chi connectivity index (χ3v) is 6.74. The monoisotopic (exact) mass is 572 g/mol. The van der Waals surface area contributed by atoms with E-state index >= 15 is 0 Å². The minimum Gasteiger partial charge on any atom is -0.497 e. The number of aryl methyl sites for hydroxylation is 1. The molecule has 0 radical (unpaired) electrons. The molecule has 13 heteroatoms. The molecule has 1 N–H and O–H groups in total. The van der Waals surface area contributed by atoms with Gasteiger partial charge >= 0.3 is 6.18 Å². The minimum atomic E-state index is -4.77. The van der Waals surface area contributed by atoms with Gasteiger partial charge in [0.25, 0.3) is 5.91 Å². The number of anilines is 1. The first-order valence-corrected chi connectivity index (χ1v) is 12.2. The van der Waals surface area contributed by atoms with Gasteiger partial charge in [0.2, 0.25) is 0 Å². The molecule has 2 aromatic carbocycles. The highest BCUT2D eigenvalue weighted by molar-refractivity contribution is 6.31. The molecule has 0 saturated heterocycles. The number of benzene rings is 2. The fraction of sp³-hybridized carbons (Fsp3) is 0.185. The van der Waals surface area contributed by atoms with Crippen LogP contribution in [0.2, 0.25) is 5.02 Å². The third-order valence-electron chi connectivity index (χ3n) is 6.38. The molecule has 5 rings (SSSR count). The molecule has 3 aromatic heterocycles. The Balaban J connectivity index is 1.52. The van der Waals surface area contributed by atoms with Crippen molar-refractivity contribution in [3.05, 3.63) is 93.8 Å². The molecule has 8 nitrogen and oxygen atoms in total. The summed E-state index contributed by atoms with van der Waals surface area (Å²) in [6.45, 7) is 3.31. The Hall–Kier alpha value is -4.45. The van der Waals surface area contributed by atoms with Crippen LogP contribution in [0, 0.1) is 19.7 Å². The number of nitrogens with one attached hydrogen (secondary N) is 1. The van der Waals surface area contributed by atoms with E-state index in [0.29, 0.717) is 32.9 Å². The average Bonchev–Trinajstić information content (AvgIpc) is 3.46. The number of rotatable bonds is 6. The molecule has 1 amide bonds. The van der Waals surface area contributed by atoms with Crippen LogP contribution in [0.1, 0.15) is 33.0 Å². The Morgan fingerprint density at radius 3 is 2.50 bits per heavy atom. The fourth-order valence-electron chi connectivity index (χ4n) is 4.28. The summed E-state index contributed by atoms with van der Waals surface area (Å²) in [6, 6.07) is 11.5. The lowest BCUT2D eigenvalue weighted by molar-refractivity contribution is -0.142. The van der Waals surface area contributed by atoms with Crippen LogP contribution in [-0.2, 0) is 12.7 Å². The normalized spacial score (nSPS) is 11.7. The number of hydrogen-bond acceptors (Lipinski definition) is 5. The summed E-state index contributed by atoms with van der Waals surface area (Å²) in [5.41, 5.74) is 0.291. The molecule has 0 atom stereocenters. The number of carbonyl (C=O) groups is 1. The van der Waals surface area contributed by atoms with E-state index in [1.54, 1.807) is 44.2 Å². The molecular weight excluding hydrogens is 552 g/mol. The number of hydrogen-bond donors (Lipinski definition) is 1. The van der Waals surface area contributed by atoms with Crippen molar-refractivity contribution in [2.45, 2.75) is 26.6 Å². The van der Waals surface area contributed by atoms with Gasteiger partial charge < -0.3 is 10.1 Å². The number of amides is 1. The average molecular weight is 573 g/mol. The van der Waals surface area contributed by atoms with Crippen LogP contribution in [0.3, 0.4) is 0 Å². The van der Waals surface area contributed by atoms with Gasteiger partial charge in [-0.2, -0.15) is 23.4 Å². The predicted octanol–water partition coefficient (Wildman–Crippen LogP) is 6.33. The maximum Gasteiger partial charge on any atom is 0.433 e. The number of fused-ring (bicyclic) bond motifs is 1. The number of alkyl halides is 3. The summed E-state index contributed by atoms with van der Waals surface area (Å²) in [5, 5.41) is 11.1. The maximum absolute atomic E-state index is 14.3. The summed E-state index contributed by atoms with van der Waals surface area (Å²) >= 11 is 6.15. The zero-order valence-corrected chi connectivity index (χ0v) is 22.1. The first-order chi connectivity index (χ1) is 19.0. The van der Waals surface area contributed by atoms with Crippen LogP contribution in [0.4, 0.5) is 23.2 Å². The van der Waals surface area contributed by atoms with Crippen molar-refractivity contribution in [2.24, 2.45) is 0 Å². The molecule has 0 spiro atoms. The Morgan fingerprint density at radius 2 is 1.85 bits per heavy atom. The largest absolute Gasteiger partial charge is 0.497 e. The van der Waals surface area contributed by atoms with Gasteiger partial charge in [-0.1, -0.05) is 17.7 Å². The van der Waals surface area contributed by atoms with Crippen LogP contribution in [0.5, 0.6) is 5.75 Å². The predicted molar refractivity (Wildman–Crippen MR) is 140 cm³/mol. The van der Waals surface area contributed by atoms with Crippen LogP contribution >= 0.6 is 11.6 Å². The number of nitrogens with zero attached hydrogens (tertiary/aromatic N) is 5. The number of halogens is 5. The summed E-state index contributed by atoms with van der Waals surface area (Å²) in [5.74, 6) is -0.720. The lowest BCUT2D eigenvalue weighted by Crippen LogP contribution is -2.16. The molecule has 0 unspecified atom stereocenters. The van der Waals surface area contributed by atoms with Crippen LogP contribution in [0.15, 0.2) is 54.7 Å². The van der Waals surface area contributed by atoms with E-state index in [1.165, 1.54) is 23.9 Å². The van der Waals surface area contributed by atoms with Crippen LogP contribution < -0.4 is 10.1 Å². The van der Waals surface area contributed by atoms with Gasteiger partial charge in [0.1, 0.15) is 17.1 Å². The number of methoxy groups -OCH3 is 1. The van der Waals surface area contributed by atoms with Crippen molar-refractivity contribution in [3.63, 3.8) is 0 Å². The van der Waals surface area contributed by atoms with Crippen molar-refractivity contribution in [2.75, 3.05) is 12.4 Å². The van der Waals surface area contributed by atoms with Crippen molar-refractivity contribution in [3.8, 4) is 17.0 Å². The lowest BCUT2D eigenvalue weighted by atomic mass is 10.1. The summed E-state index contributed by atoms with van der Waals surface area (Å²) < 4.78 is 63.4. The van der Waals surface area contributed by atoms with Gasteiger partial charge in [0.15, 0.2) is 11.3 Å². The molecule has 40 heavy (non-hydrogen) atoms. The molecule has 0 bridgehead atoms. The summed E-state index contributed by atoms with van der Waals surface area (Å²) in [7, 11) is 1.47. The highest BCUT2D eigenvalue weighted by Crippen LogP contribution is 2.33. The number of aromatic nitrogens is 5. The molecule has 0 fully saturated rings. The van der Waals surface area contributed by atoms with E-state index in [2.05, 4.69) is 20.5 Å². The zero-order valence-electron chi connectivity index (χ0n) is 21.3. The molecule has 0 aliphatic carbocycles. The Bertz CT molecular complexity index is 1720. The third kappa shape index (κ3) is 4.97. The van der Waals surface area contributed by atoms with Gasteiger partial charge in [0.05, 0.1) is 42.6 Å². The molecule has 0 aliphatic rings. The van der Waals surface area contributed by atoms with Gasteiger partial charge in [-0.25, -0.2) is 13.9 Å². The Kier molecular flexibility index (Phi) is 6.96. The van der Waals surface area contributed by atoms with Crippen molar-refractivity contribution in [1.29, 1.82) is 0 Å². The molecular formula is C27H21ClF4N6O2. The van der Waals surface area contributed by atoms with Gasteiger partial charge in [-0.3, -0.25) is 9.48 Å². The van der Waals surface area contributed by atoms with E-state index in [9.17, 15) is 22.4 Å². The zero-order chi connectivity index (χ0) is 28.8. The maximum atomic E-state index is 14.3. The lowest BCUT2D eigenvalue weighted by Gasteiger charge is -2.12. The van der Waals surface area contributed by atoms with E-state index in [4.69, 9.17) is 16.3 Å². The van der Waals surface area contributed by atoms with E-state index in [0.717, 1.165) is 12.3 Å². The van der Waals surface area contributed by atoms with Gasteiger partial charge in [0, 0.05) is 16.1 Å². The van der Waals surface area contributed by atoms with Crippen molar-refractivity contribution < 1.29 is 27.1 Å². The summed E-state index contributed by atoms with van der Waals surface area (Å²) in [6.07, 6.45) is -3.75. The quantitative estimate of drug-likeness (QED) is 0.240. The second-order valence-electron chi connectivity index (χ2n) is 8.90. The van der Waals surface area contributed by atoms with Crippen LogP contribution in [0.25, 0.3) is 16.9 Å². The Labute approximate surface area is 230 Å². The number of ether oxygens (including phenoxy) is 1. The van der Waals surface area contributed by atoms with Gasteiger partial charge in [-0.05, 0) is 56.3 Å².